The average molecular weight is 220 g/mol. The summed E-state index contributed by atoms with van der Waals surface area (Å²) in [5.41, 5.74) is 0.588. The molecule has 0 saturated heterocycles. The zero-order chi connectivity index (χ0) is 11.6. The molecule has 0 aliphatic heterocycles. The first-order chi connectivity index (χ1) is 7.88. The normalized spacial score (nSPS) is 9.50. The van der Waals surface area contributed by atoms with Crippen molar-refractivity contribution in [3.63, 3.8) is 0 Å². The fourth-order valence-electron chi connectivity index (χ4n) is 1.26. The van der Waals surface area contributed by atoms with Gasteiger partial charge in [-0.2, -0.15) is 0 Å². The number of unbranched alkanes of at least 4 members (excludes halogenated alkanes) is 1. The van der Waals surface area contributed by atoms with Crippen molar-refractivity contribution in [2.75, 3.05) is 13.2 Å². The van der Waals surface area contributed by atoms with Gasteiger partial charge >= 0.3 is 0 Å². The van der Waals surface area contributed by atoms with Gasteiger partial charge in [0.2, 0.25) is 0 Å². The Morgan fingerprint density at radius 1 is 1.19 bits per heavy atom. The summed E-state index contributed by atoms with van der Waals surface area (Å²) in [7, 11) is 0. The van der Waals surface area contributed by atoms with Crippen LogP contribution >= 0.6 is 0 Å². The van der Waals surface area contributed by atoms with Crippen LogP contribution in [0, 0.1) is 0 Å². The van der Waals surface area contributed by atoms with Crippen LogP contribution in [-0.2, 0) is 4.74 Å². The highest BCUT2D eigenvalue weighted by Gasteiger charge is 2.00. The van der Waals surface area contributed by atoms with E-state index in [0.29, 0.717) is 24.5 Å². The van der Waals surface area contributed by atoms with Crippen molar-refractivity contribution in [2.45, 2.75) is 12.8 Å². The molecule has 3 heteroatoms. The SMILES string of the molecule is C=COCCCCOc1ccccc1C=O. The number of carbonyl (C=O) groups excluding carboxylic acids is 1. The molecule has 0 atom stereocenters. The second-order valence-corrected chi connectivity index (χ2v) is 3.25. The molecule has 1 aromatic rings. The van der Waals surface area contributed by atoms with E-state index in [2.05, 4.69) is 6.58 Å². The summed E-state index contributed by atoms with van der Waals surface area (Å²) in [4.78, 5) is 10.7. The molecule has 1 rings (SSSR count). The predicted octanol–water partition coefficient (Wildman–Crippen LogP) is 2.82. The minimum absolute atomic E-state index is 0.588. The first-order valence-electron chi connectivity index (χ1n) is 5.28. The summed E-state index contributed by atoms with van der Waals surface area (Å²) in [6.45, 7) is 4.70. The number of hydrogen-bond donors (Lipinski definition) is 0. The highest BCUT2D eigenvalue weighted by molar-refractivity contribution is 5.79. The minimum atomic E-state index is 0.588. The van der Waals surface area contributed by atoms with E-state index in [-0.39, 0.29) is 0 Å². The quantitative estimate of drug-likeness (QED) is 0.384. The third-order valence-electron chi connectivity index (χ3n) is 2.08. The van der Waals surface area contributed by atoms with E-state index < -0.39 is 0 Å². The van der Waals surface area contributed by atoms with Gasteiger partial charge in [-0.05, 0) is 25.0 Å². The summed E-state index contributed by atoms with van der Waals surface area (Å²) in [5, 5.41) is 0. The number of aldehydes is 1. The Balaban J connectivity index is 2.26. The van der Waals surface area contributed by atoms with Gasteiger partial charge in [-0.3, -0.25) is 4.79 Å². The maximum absolute atomic E-state index is 10.7. The fourth-order valence-corrected chi connectivity index (χ4v) is 1.26. The molecule has 0 amide bonds. The number of benzene rings is 1. The van der Waals surface area contributed by atoms with Crippen molar-refractivity contribution < 1.29 is 14.3 Å². The van der Waals surface area contributed by atoms with Crippen molar-refractivity contribution in [3.8, 4) is 5.75 Å². The Kier molecular flexibility index (Phi) is 5.78. The highest BCUT2D eigenvalue weighted by Crippen LogP contribution is 2.15. The summed E-state index contributed by atoms with van der Waals surface area (Å²) in [6, 6.07) is 7.20. The first kappa shape index (κ1) is 12.3. The predicted molar refractivity (Wildman–Crippen MR) is 62.7 cm³/mol. The van der Waals surface area contributed by atoms with Crippen LogP contribution in [0.15, 0.2) is 37.1 Å². The molecule has 0 aliphatic rings. The summed E-state index contributed by atoms with van der Waals surface area (Å²) in [5.74, 6) is 0.641. The Morgan fingerprint density at radius 3 is 2.69 bits per heavy atom. The minimum Gasteiger partial charge on any atom is -0.502 e. The molecule has 0 aromatic heterocycles. The third-order valence-corrected chi connectivity index (χ3v) is 2.08. The lowest BCUT2D eigenvalue weighted by atomic mass is 10.2. The van der Waals surface area contributed by atoms with E-state index in [4.69, 9.17) is 9.47 Å². The maximum atomic E-state index is 10.7. The van der Waals surface area contributed by atoms with Gasteiger partial charge in [-0.25, -0.2) is 0 Å². The lowest BCUT2D eigenvalue weighted by Gasteiger charge is -2.07. The van der Waals surface area contributed by atoms with E-state index in [1.54, 1.807) is 12.1 Å². The number of hydrogen-bond acceptors (Lipinski definition) is 3. The van der Waals surface area contributed by atoms with E-state index in [9.17, 15) is 4.79 Å². The fraction of sp³-hybridized carbons (Fsp3) is 0.308. The van der Waals surface area contributed by atoms with Crippen LogP contribution in [0.3, 0.4) is 0 Å². The maximum Gasteiger partial charge on any atom is 0.153 e. The summed E-state index contributed by atoms with van der Waals surface area (Å²) < 4.78 is 10.5. The summed E-state index contributed by atoms with van der Waals surface area (Å²) in [6.07, 6.45) is 4.04. The monoisotopic (exact) mass is 220 g/mol. The van der Waals surface area contributed by atoms with Gasteiger partial charge in [0.1, 0.15) is 5.75 Å². The Bertz CT molecular complexity index is 334. The molecule has 0 aliphatic carbocycles. The molecule has 0 fully saturated rings. The highest BCUT2D eigenvalue weighted by atomic mass is 16.5. The van der Waals surface area contributed by atoms with Crippen molar-refractivity contribution in [2.24, 2.45) is 0 Å². The molecule has 3 nitrogen and oxygen atoms in total. The number of para-hydroxylation sites is 1. The van der Waals surface area contributed by atoms with Crippen LogP contribution < -0.4 is 4.74 Å². The molecule has 86 valence electrons. The second-order valence-electron chi connectivity index (χ2n) is 3.25. The van der Waals surface area contributed by atoms with E-state index in [1.807, 2.05) is 12.1 Å². The molecule has 0 unspecified atom stereocenters. The van der Waals surface area contributed by atoms with Crippen LogP contribution in [0.2, 0.25) is 0 Å². The Labute approximate surface area is 95.7 Å². The molecule has 0 saturated carbocycles. The lowest BCUT2D eigenvalue weighted by Crippen LogP contribution is -2.01. The number of ether oxygens (including phenoxy) is 2. The molecule has 0 bridgehead atoms. The van der Waals surface area contributed by atoms with Crippen LogP contribution in [-0.4, -0.2) is 19.5 Å². The van der Waals surface area contributed by atoms with Crippen LogP contribution in [0.4, 0.5) is 0 Å². The molecule has 0 N–H and O–H groups in total. The van der Waals surface area contributed by atoms with Crippen molar-refractivity contribution in [1.29, 1.82) is 0 Å². The van der Waals surface area contributed by atoms with Gasteiger partial charge in [0.25, 0.3) is 0 Å². The Morgan fingerprint density at radius 2 is 1.94 bits per heavy atom. The van der Waals surface area contributed by atoms with Gasteiger partial charge < -0.3 is 9.47 Å². The van der Waals surface area contributed by atoms with E-state index >= 15 is 0 Å². The molecular weight excluding hydrogens is 204 g/mol. The van der Waals surface area contributed by atoms with E-state index in [0.717, 1.165) is 19.1 Å². The molecule has 1 aromatic carbocycles. The topological polar surface area (TPSA) is 35.5 Å². The zero-order valence-electron chi connectivity index (χ0n) is 9.22. The van der Waals surface area contributed by atoms with Crippen molar-refractivity contribution >= 4 is 6.29 Å². The van der Waals surface area contributed by atoms with Crippen LogP contribution in [0.25, 0.3) is 0 Å². The van der Waals surface area contributed by atoms with Gasteiger partial charge in [0, 0.05) is 0 Å². The summed E-state index contributed by atoms with van der Waals surface area (Å²) >= 11 is 0. The molecule has 0 radical (unpaired) electrons. The van der Waals surface area contributed by atoms with Gasteiger partial charge in [0.05, 0.1) is 25.0 Å². The molecule has 16 heavy (non-hydrogen) atoms. The van der Waals surface area contributed by atoms with Gasteiger partial charge in [0.15, 0.2) is 6.29 Å². The van der Waals surface area contributed by atoms with Crippen molar-refractivity contribution in [3.05, 3.63) is 42.7 Å². The third kappa shape index (κ3) is 4.17. The zero-order valence-corrected chi connectivity index (χ0v) is 9.22. The molecular formula is C13H16O3. The first-order valence-corrected chi connectivity index (χ1v) is 5.28. The van der Waals surface area contributed by atoms with Crippen molar-refractivity contribution in [1.82, 2.24) is 0 Å². The second kappa shape index (κ2) is 7.51. The Hall–Kier alpha value is -1.77. The standard InChI is InChI=1S/C13H16O3/c1-2-15-9-5-6-10-16-13-8-4-3-7-12(13)11-14/h2-4,7-8,11H,1,5-6,9-10H2. The van der Waals surface area contributed by atoms with Crippen LogP contribution in [0.1, 0.15) is 23.2 Å². The number of carbonyl (C=O) groups is 1. The van der Waals surface area contributed by atoms with E-state index in [1.165, 1.54) is 6.26 Å². The number of rotatable bonds is 8. The molecule has 0 heterocycles. The van der Waals surface area contributed by atoms with Crippen LogP contribution in [0.5, 0.6) is 5.75 Å². The smallest absolute Gasteiger partial charge is 0.153 e. The average Bonchev–Trinajstić information content (AvgIpc) is 2.34. The largest absolute Gasteiger partial charge is 0.502 e. The molecule has 0 spiro atoms. The lowest BCUT2D eigenvalue weighted by molar-refractivity contribution is 0.111. The van der Waals surface area contributed by atoms with Gasteiger partial charge in [-0.1, -0.05) is 18.7 Å². The van der Waals surface area contributed by atoms with Gasteiger partial charge in [-0.15, -0.1) is 0 Å².